The Hall–Kier alpha value is -2.61. The van der Waals surface area contributed by atoms with Gasteiger partial charge in [-0.2, -0.15) is 0 Å². The molecule has 1 aliphatic rings. The van der Waals surface area contributed by atoms with Crippen LogP contribution in [0.1, 0.15) is 50.6 Å². The molecule has 33 heavy (non-hydrogen) atoms. The van der Waals surface area contributed by atoms with Crippen molar-refractivity contribution in [1.29, 1.82) is 0 Å². The molecule has 0 aliphatic carbocycles. The molecule has 0 saturated heterocycles. The molecular formula is C25H34FN3O3S. The summed E-state index contributed by atoms with van der Waals surface area (Å²) in [4.78, 5) is 30.9. The van der Waals surface area contributed by atoms with E-state index in [2.05, 4.69) is 19.2 Å². The van der Waals surface area contributed by atoms with Crippen LogP contribution in [0, 0.1) is 11.7 Å². The van der Waals surface area contributed by atoms with E-state index < -0.39 is 0 Å². The van der Waals surface area contributed by atoms with Crippen molar-refractivity contribution in [3.63, 3.8) is 0 Å². The van der Waals surface area contributed by atoms with E-state index in [1.54, 1.807) is 28.4 Å². The van der Waals surface area contributed by atoms with E-state index >= 15 is 0 Å². The van der Waals surface area contributed by atoms with Crippen molar-refractivity contribution in [3.05, 3.63) is 52.0 Å². The first-order chi connectivity index (χ1) is 15.7. The number of urea groups is 1. The van der Waals surface area contributed by atoms with Gasteiger partial charge in [0.1, 0.15) is 24.7 Å². The summed E-state index contributed by atoms with van der Waals surface area (Å²) in [5.74, 6) is 0.566. The average molecular weight is 476 g/mol. The lowest BCUT2D eigenvalue weighted by Gasteiger charge is -2.37. The van der Waals surface area contributed by atoms with Gasteiger partial charge in [-0.25, -0.2) is 9.18 Å². The second-order valence-electron chi connectivity index (χ2n) is 9.13. The Labute approximate surface area is 199 Å². The molecule has 2 heterocycles. The number of nitrogens with one attached hydrogen (secondary N) is 1. The van der Waals surface area contributed by atoms with Crippen LogP contribution in [-0.2, 0) is 11.2 Å². The molecule has 180 valence electrons. The number of hydrogen-bond donors (Lipinski definition) is 1. The maximum absolute atomic E-state index is 13.4. The van der Waals surface area contributed by atoms with Crippen molar-refractivity contribution in [2.45, 2.75) is 52.6 Å². The van der Waals surface area contributed by atoms with Gasteiger partial charge in [0.15, 0.2) is 0 Å². The van der Waals surface area contributed by atoms with Crippen LogP contribution in [0.15, 0.2) is 35.7 Å². The number of benzene rings is 1. The number of rotatable bonds is 9. The third-order valence-electron chi connectivity index (χ3n) is 5.64. The van der Waals surface area contributed by atoms with Gasteiger partial charge in [-0.3, -0.25) is 4.79 Å². The average Bonchev–Trinajstić information content (AvgIpc) is 3.24. The monoisotopic (exact) mass is 475 g/mol. The molecule has 1 atom stereocenters. The summed E-state index contributed by atoms with van der Waals surface area (Å²) in [6, 6.07) is 7.45. The van der Waals surface area contributed by atoms with Crippen molar-refractivity contribution in [2.24, 2.45) is 5.92 Å². The number of carbonyl (C=O) groups excluding carboxylic acids is 2. The molecule has 0 spiro atoms. The van der Waals surface area contributed by atoms with Crippen LogP contribution in [0.4, 0.5) is 9.18 Å². The summed E-state index contributed by atoms with van der Waals surface area (Å²) < 4.78 is 19.2. The molecule has 1 aliphatic heterocycles. The summed E-state index contributed by atoms with van der Waals surface area (Å²) >= 11 is 1.69. The van der Waals surface area contributed by atoms with Gasteiger partial charge in [0, 0.05) is 24.0 Å². The molecule has 0 unspecified atom stereocenters. The molecular weight excluding hydrogens is 441 g/mol. The van der Waals surface area contributed by atoms with Crippen LogP contribution in [0.25, 0.3) is 0 Å². The molecule has 1 N–H and O–H groups in total. The van der Waals surface area contributed by atoms with E-state index in [1.165, 1.54) is 17.0 Å². The highest BCUT2D eigenvalue weighted by molar-refractivity contribution is 7.10. The minimum Gasteiger partial charge on any atom is -0.491 e. The predicted octanol–water partition coefficient (Wildman–Crippen LogP) is 4.86. The number of carbonyl (C=O) groups is 2. The maximum atomic E-state index is 13.4. The highest BCUT2D eigenvalue weighted by Crippen LogP contribution is 2.34. The minimum absolute atomic E-state index is 0.00522. The minimum atomic E-state index is -0.321. The molecule has 1 aromatic heterocycles. The molecule has 0 bridgehead atoms. The van der Waals surface area contributed by atoms with Crippen molar-refractivity contribution < 1.29 is 18.7 Å². The Morgan fingerprint density at radius 1 is 1.21 bits per heavy atom. The Kier molecular flexibility index (Phi) is 8.72. The van der Waals surface area contributed by atoms with Gasteiger partial charge >= 0.3 is 6.03 Å². The summed E-state index contributed by atoms with van der Waals surface area (Å²) in [7, 11) is 0. The fourth-order valence-electron chi connectivity index (χ4n) is 3.84. The second-order valence-corrected chi connectivity index (χ2v) is 10.1. The molecule has 3 rings (SSSR count). The van der Waals surface area contributed by atoms with Gasteiger partial charge in [0.05, 0.1) is 6.04 Å². The van der Waals surface area contributed by atoms with Crippen LogP contribution in [0.2, 0.25) is 0 Å². The number of thiophene rings is 1. The van der Waals surface area contributed by atoms with Gasteiger partial charge in [0.2, 0.25) is 5.91 Å². The molecule has 8 heteroatoms. The Morgan fingerprint density at radius 2 is 1.94 bits per heavy atom. The summed E-state index contributed by atoms with van der Waals surface area (Å²) in [5.41, 5.74) is 1.09. The molecule has 0 fully saturated rings. The zero-order valence-electron chi connectivity index (χ0n) is 19.8. The highest BCUT2D eigenvalue weighted by Gasteiger charge is 2.33. The maximum Gasteiger partial charge on any atom is 0.318 e. The number of nitrogens with zero attached hydrogens (tertiary/aromatic N) is 2. The van der Waals surface area contributed by atoms with Crippen LogP contribution in [0.5, 0.6) is 5.75 Å². The summed E-state index contributed by atoms with van der Waals surface area (Å²) in [5, 5.41) is 4.95. The normalized spacial score (nSPS) is 15.5. The standard InChI is InChI=1S/C25H34FN3O3S/c1-17(2)9-12-28(25(31)27-18(3)4)15-24(30)29-13-10-23-21(11-14-33-23)22(29)16-32-20-7-5-19(26)6-8-20/h5-8,11,14,17-18,22H,9-10,12-13,15-16H2,1-4H3,(H,27,31)/t22-/m0/s1. The van der Waals surface area contributed by atoms with Crippen molar-refractivity contribution in [3.8, 4) is 5.75 Å². The van der Waals surface area contributed by atoms with E-state index in [1.807, 2.05) is 30.2 Å². The van der Waals surface area contributed by atoms with Gasteiger partial charge in [-0.1, -0.05) is 13.8 Å². The van der Waals surface area contributed by atoms with E-state index in [4.69, 9.17) is 4.74 Å². The lowest BCUT2D eigenvalue weighted by atomic mass is 10.0. The molecule has 0 saturated carbocycles. The fraction of sp³-hybridized carbons (Fsp3) is 0.520. The summed E-state index contributed by atoms with van der Waals surface area (Å²) in [6.07, 6.45) is 1.61. The largest absolute Gasteiger partial charge is 0.491 e. The van der Waals surface area contributed by atoms with Crippen LogP contribution < -0.4 is 10.1 Å². The SMILES string of the molecule is CC(C)CCN(CC(=O)N1CCc2sccc2[C@@H]1COc1ccc(F)cc1)C(=O)NC(C)C. The van der Waals surface area contributed by atoms with Crippen LogP contribution in [0.3, 0.4) is 0 Å². The second kappa shape index (κ2) is 11.5. The van der Waals surface area contributed by atoms with E-state index in [0.29, 0.717) is 24.8 Å². The lowest BCUT2D eigenvalue weighted by molar-refractivity contribution is -0.135. The van der Waals surface area contributed by atoms with E-state index in [0.717, 1.165) is 18.4 Å². The first-order valence-electron chi connectivity index (χ1n) is 11.5. The number of hydrogen-bond acceptors (Lipinski definition) is 4. The fourth-order valence-corrected chi connectivity index (χ4v) is 4.77. The van der Waals surface area contributed by atoms with Gasteiger partial charge in [0.25, 0.3) is 0 Å². The van der Waals surface area contributed by atoms with Crippen molar-refractivity contribution >= 4 is 23.3 Å². The highest BCUT2D eigenvalue weighted by atomic mass is 32.1. The number of amides is 3. The number of halogens is 1. The van der Waals surface area contributed by atoms with E-state index in [-0.39, 0.29) is 43.0 Å². The summed E-state index contributed by atoms with van der Waals surface area (Å²) in [6.45, 7) is 9.42. The smallest absolute Gasteiger partial charge is 0.318 e. The van der Waals surface area contributed by atoms with Crippen molar-refractivity contribution in [1.82, 2.24) is 15.1 Å². The first kappa shape index (κ1) is 25.0. The number of fused-ring (bicyclic) bond motifs is 1. The Bertz CT molecular complexity index is 929. The van der Waals surface area contributed by atoms with Gasteiger partial charge in [-0.15, -0.1) is 11.3 Å². The zero-order valence-corrected chi connectivity index (χ0v) is 20.7. The predicted molar refractivity (Wildman–Crippen MR) is 129 cm³/mol. The molecule has 2 aromatic rings. The quantitative estimate of drug-likeness (QED) is 0.564. The third-order valence-corrected chi connectivity index (χ3v) is 6.64. The van der Waals surface area contributed by atoms with Gasteiger partial charge in [-0.05, 0) is 73.9 Å². The zero-order chi connectivity index (χ0) is 24.0. The first-order valence-corrected chi connectivity index (χ1v) is 12.4. The van der Waals surface area contributed by atoms with Crippen LogP contribution in [-0.4, -0.2) is 54.0 Å². The molecule has 6 nitrogen and oxygen atoms in total. The third kappa shape index (κ3) is 6.93. The molecule has 0 radical (unpaired) electrons. The number of ether oxygens (including phenoxy) is 1. The lowest BCUT2D eigenvalue weighted by Crippen LogP contribution is -2.51. The van der Waals surface area contributed by atoms with Crippen molar-refractivity contribution in [2.75, 3.05) is 26.2 Å². The van der Waals surface area contributed by atoms with Gasteiger partial charge < -0.3 is 19.9 Å². The molecule has 3 amide bonds. The molecule has 1 aromatic carbocycles. The Morgan fingerprint density at radius 3 is 2.61 bits per heavy atom. The van der Waals surface area contributed by atoms with E-state index in [9.17, 15) is 14.0 Å². The topological polar surface area (TPSA) is 61.9 Å². The van der Waals surface area contributed by atoms with Crippen LogP contribution >= 0.6 is 11.3 Å². The Balaban J connectivity index is 1.74.